The summed E-state index contributed by atoms with van der Waals surface area (Å²) < 4.78 is 0. The number of nitrogens with zero attached hydrogens (tertiary/aromatic N) is 2. The summed E-state index contributed by atoms with van der Waals surface area (Å²) in [4.78, 5) is 27.5. The van der Waals surface area contributed by atoms with Crippen molar-refractivity contribution in [1.82, 2.24) is 9.80 Å². The molecule has 0 aromatic heterocycles. The fraction of sp³-hybridized carbons (Fsp3) is 0.857. The molecule has 0 aromatic rings. The minimum Gasteiger partial charge on any atom is -0.481 e. The number of aliphatic carboxylic acids is 1. The molecule has 1 amide bonds. The number of amides is 1. The van der Waals surface area contributed by atoms with Crippen molar-refractivity contribution in [2.45, 2.75) is 45.1 Å². The van der Waals surface area contributed by atoms with E-state index in [1.807, 2.05) is 14.0 Å². The van der Waals surface area contributed by atoms with Gasteiger partial charge in [-0.15, -0.1) is 0 Å². The van der Waals surface area contributed by atoms with Gasteiger partial charge >= 0.3 is 5.97 Å². The standard InChI is InChI=1S/C14H24N2O3/c1-3-5-14(13(18)19)6-9-16(10-7-14)11-4-8-15(2)12(11)17/h11H,3-10H2,1-2H3,(H,18,19). The normalized spacial score (nSPS) is 27.8. The second-order valence-corrected chi connectivity index (χ2v) is 5.94. The van der Waals surface area contributed by atoms with Crippen molar-refractivity contribution in [1.29, 1.82) is 0 Å². The van der Waals surface area contributed by atoms with Gasteiger partial charge in [-0.25, -0.2) is 0 Å². The van der Waals surface area contributed by atoms with Gasteiger partial charge in [0.25, 0.3) is 0 Å². The molecule has 0 radical (unpaired) electrons. The molecule has 108 valence electrons. The van der Waals surface area contributed by atoms with Gasteiger partial charge in [-0.05, 0) is 25.7 Å². The van der Waals surface area contributed by atoms with Gasteiger partial charge < -0.3 is 10.0 Å². The lowest BCUT2D eigenvalue weighted by molar-refractivity contribution is -0.153. The van der Waals surface area contributed by atoms with Gasteiger partial charge in [-0.1, -0.05) is 13.3 Å². The fourth-order valence-corrected chi connectivity index (χ4v) is 3.46. The minimum atomic E-state index is -0.663. The van der Waals surface area contributed by atoms with Crippen LogP contribution in [0.4, 0.5) is 0 Å². The lowest BCUT2D eigenvalue weighted by Gasteiger charge is -2.40. The molecule has 0 saturated carbocycles. The Labute approximate surface area is 114 Å². The first-order valence-electron chi connectivity index (χ1n) is 7.22. The fourth-order valence-electron chi connectivity index (χ4n) is 3.46. The molecule has 0 aromatic carbocycles. The Bertz CT molecular complexity index is 362. The van der Waals surface area contributed by atoms with Crippen LogP contribution in [0.2, 0.25) is 0 Å². The molecule has 2 heterocycles. The number of carbonyl (C=O) groups is 2. The van der Waals surface area contributed by atoms with Crippen LogP contribution < -0.4 is 0 Å². The maximum Gasteiger partial charge on any atom is 0.309 e. The first kappa shape index (κ1) is 14.3. The maximum atomic E-state index is 12.0. The molecular formula is C14H24N2O3. The van der Waals surface area contributed by atoms with Gasteiger partial charge in [0.1, 0.15) is 0 Å². The molecule has 2 saturated heterocycles. The summed E-state index contributed by atoms with van der Waals surface area (Å²) in [6.07, 6.45) is 3.86. The number of rotatable bonds is 4. The number of carbonyl (C=O) groups excluding carboxylic acids is 1. The molecule has 1 N–H and O–H groups in total. The Hall–Kier alpha value is -1.10. The van der Waals surface area contributed by atoms with Crippen LogP contribution in [0.25, 0.3) is 0 Å². The number of likely N-dealkylation sites (tertiary alicyclic amines) is 2. The monoisotopic (exact) mass is 268 g/mol. The second-order valence-electron chi connectivity index (χ2n) is 5.94. The average Bonchev–Trinajstić information content (AvgIpc) is 2.71. The molecule has 0 spiro atoms. The maximum absolute atomic E-state index is 12.0. The Morgan fingerprint density at radius 1 is 1.37 bits per heavy atom. The van der Waals surface area contributed by atoms with Crippen LogP contribution >= 0.6 is 0 Å². The zero-order valence-electron chi connectivity index (χ0n) is 11.9. The van der Waals surface area contributed by atoms with Crippen molar-refractivity contribution in [3.63, 3.8) is 0 Å². The molecule has 5 heteroatoms. The summed E-state index contributed by atoms with van der Waals surface area (Å²) in [6, 6.07) is -0.0154. The highest BCUT2D eigenvalue weighted by Crippen LogP contribution is 2.37. The average molecular weight is 268 g/mol. The molecule has 2 aliphatic rings. The molecule has 1 atom stereocenters. The van der Waals surface area contributed by atoms with E-state index in [9.17, 15) is 14.7 Å². The molecule has 19 heavy (non-hydrogen) atoms. The first-order chi connectivity index (χ1) is 9.00. The van der Waals surface area contributed by atoms with Gasteiger partial charge in [0, 0.05) is 26.7 Å². The van der Waals surface area contributed by atoms with E-state index in [2.05, 4.69) is 4.90 Å². The molecule has 5 nitrogen and oxygen atoms in total. The minimum absolute atomic E-state index is 0.0154. The van der Waals surface area contributed by atoms with Crippen LogP contribution in [0.15, 0.2) is 0 Å². The Balaban J connectivity index is 1.98. The third kappa shape index (κ3) is 2.61. The summed E-state index contributed by atoms with van der Waals surface area (Å²) in [5.41, 5.74) is -0.557. The van der Waals surface area contributed by atoms with E-state index in [4.69, 9.17) is 0 Å². The van der Waals surface area contributed by atoms with E-state index < -0.39 is 11.4 Å². The Morgan fingerprint density at radius 3 is 2.42 bits per heavy atom. The number of likely N-dealkylation sites (N-methyl/N-ethyl adjacent to an activating group) is 1. The highest BCUT2D eigenvalue weighted by atomic mass is 16.4. The van der Waals surface area contributed by atoms with Gasteiger partial charge in [0.15, 0.2) is 0 Å². The van der Waals surface area contributed by atoms with Crippen LogP contribution in [0.5, 0.6) is 0 Å². The topological polar surface area (TPSA) is 60.9 Å². The van der Waals surface area contributed by atoms with Crippen molar-refractivity contribution in [2.75, 3.05) is 26.7 Å². The zero-order chi connectivity index (χ0) is 14.0. The molecule has 1 unspecified atom stereocenters. The number of carboxylic acid groups (broad SMARTS) is 1. The molecule has 2 aliphatic heterocycles. The van der Waals surface area contributed by atoms with Crippen molar-refractivity contribution in [3.8, 4) is 0 Å². The number of hydrogen-bond donors (Lipinski definition) is 1. The quantitative estimate of drug-likeness (QED) is 0.832. The van der Waals surface area contributed by atoms with Crippen LogP contribution in [0.1, 0.15) is 39.0 Å². The lowest BCUT2D eigenvalue weighted by Crippen LogP contribution is -2.50. The van der Waals surface area contributed by atoms with Crippen molar-refractivity contribution in [2.24, 2.45) is 5.41 Å². The molecule has 2 fully saturated rings. The van der Waals surface area contributed by atoms with Crippen LogP contribution in [-0.2, 0) is 9.59 Å². The second kappa shape index (κ2) is 5.49. The van der Waals surface area contributed by atoms with Gasteiger partial charge in [-0.3, -0.25) is 14.5 Å². The number of carboxylic acids is 1. The van der Waals surface area contributed by atoms with E-state index >= 15 is 0 Å². The highest BCUT2D eigenvalue weighted by Gasteiger charge is 2.44. The van der Waals surface area contributed by atoms with E-state index in [1.165, 1.54) is 0 Å². The molecular weight excluding hydrogens is 244 g/mol. The van der Waals surface area contributed by atoms with Gasteiger partial charge in [-0.2, -0.15) is 0 Å². The molecule has 0 bridgehead atoms. The Kier molecular flexibility index (Phi) is 4.13. The largest absolute Gasteiger partial charge is 0.481 e. The molecule has 2 rings (SSSR count). The van der Waals surface area contributed by atoms with Crippen LogP contribution in [0.3, 0.4) is 0 Å². The zero-order valence-corrected chi connectivity index (χ0v) is 11.9. The van der Waals surface area contributed by atoms with E-state index in [-0.39, 0.29) is 11.9 Å². The van der Waals surface area contributed by atoms with Crippen molar-refractivity contribution in [3.05, 3.63) is 0 Å². The third-order valence-corrected chi connectivity index (χ3v) is 4.78. The SMILES string of the molecule is CCCC1(C(=O)O)CCN(C2CCN(C)C2=O)CC1. The summed E-state index contributed by atoms with van der Waals surface area (Å²) in [7, 11) is 1.84. The first-order valence-corrected chi connectivity index (χ1v) is 7.22. The van der Waals surface area contributed by atoms with E-state index in [1.54, 1.807) is 4.90 Å². The number of piperidine rings is 1. The van der Waals surface area contributed by atoms with E-state index in [0.29, 0.717) is 12.8 Å². The predicted molar refractivity (Wildman–Crippen MR) is 71.8 cm³/mol. The smallest absolute Gasteiger partial charge is 0.309 e. The lowest BCUT2D eigenvalue weighted by atomic mass is 9.74. The van der Waals surface area contributed by atoms with Crippen molar-refractivity contribution >= 4 is 11.9 Å². The Morgan fingerprint density at radius 2 is 2.00 bits per heavy atom. The summed E-state index contributed by atoms with van der Waals surface area (Å²) in [5, 5.41) is 9.47. The van der Waals surface area contributed by atoms with Crippen molar-refractivity contribution < 1.29 is 14.7 Å². The summed E-state index contributed by atoms with van der Waals surface area (Å²) in [5.74, 6) is -0.470. The third-order valence-electron chi connectivity index (χ3n) is 4.78. The van der Waals surface area contributed by atoms with Crippen LogP contribution in [-0.4, -0.2) is 59.5 Å². The predicted octanol–water partition coefficient (Wildman–Crippen LogP) is 1.18. The molecule has 0 aliphatic carbocycles. The number of hydrogen-bond acceptors (Lipinski definition) is 3. The van der Waals surface area contributed by atoms with Crippen LogP contribution in [0, 0.1) is 5.41 Å². The summed E-state index contributed by atoms with van der Waals surface area (Å²) >= 11 is 0. The van der Waals surface area contributed by atoms with Gasteiger partial charge in [0.05, 0.1) is 11.5 Å². The highest BCUT2D eigenvalue weighted by molar-refractivity contribution is 5.83. The summed E-state index contributed by atoms with van der Waals surface area (Å²) in [6.45, 7) is 4.32. The van der Waals surface area contributed by atoms with Gasteiger partial charge in [0.2, 0.25) is 5.91 Å². The van der Waals surface area contributed by atoms with E-state index in [0.717, 1.165) is 38.9 Å².